The molecular formula is C18H23ClN4O2S. The fourth-order valence-electron chi connectivity index (χ4n) is 3.19. The summed E-state index contributed by atoms with van der Waals surface area (Å²) >= 11 is 5.90. The van der Waals surface area contributed by atoms with Gasteiger partial charge >= 0.3 is 0 Å². The molecule has 2 heterocycles. The summed E-state index contributed by atoms with van der Waals surface area (Å²) in [5.74, 6) is 0.463. The minimum Gasteiger partial charge on any atom is -0.337 e. The summed E-state index contributed by atoms with van der Waals surface area (Å²) in [6, 6.07) is 9.00. The molecule has 8 heteroatoms. The molecule has 0 amide bonds. The SMILES string of the molecule is O=S(=O)(CCc1ccc(Cl)cc1)C(Nc1ncccn1)C1CCNCC1. The van der Waals surface area contributed by atoms with Crippen molar-refractivity contribution in [2.45, 2.75) is 24.6 Å². The maximum atomic E-state index is 13.1. The van der Waals surface area contributed by atoms with E-state index < -0.39 is 15.2 Å². The third-order valence-corrected chi connectivity index (χ3v) is 6.93. The second-order valence-corrected chi connectivity index (χ2v) is 9.15. The predicted molar refractivity (Wildman–Crippen MR) is 104 cm³/mol. The smallest absolute Gasteiger partial charge is 0.223 e. The van der Waals surface area contributed by atoms with Crippen LogP contribution in [0.5, 0.6) is 0 Å². The van der Waals surface area contributed by atoms with Gasteiger partial charge in [0.1, 0.15) is 5.37 Å². The first kappa shape index (κ1) is 19.1. The Balaban J connectivity index is 1.75. The lowest BCUT2D eigenvalue weighted by Gasteiger charge is -2.31. The lowest BCUT2D eigenvalue weighted by atomic mass is 9.98. The van der Waals surface area contributed by atoms with E-state index >= 15 is 0 Å². The molecule has 0 radical (unpaired) electrons. The van der Waals surface area contributed by atoms with Crippen LogP contribution < -0.4 is 10.6 Å². The molecule has 3 rings (SSSR count). The maximum absolute atomic E-state index is 13.1. The van der Waals surface area contributed by atoms with Gasteiger partial charge in [0, 0.05) is 17.4 Å². The number of nitrogens with one attached hydrogen (secondary N) is 2. The molecular weight excluding hydrogens is 372 g/mol. The monoisotopic (exact) mass is 394 g/mol. The van der Waals surface area contributed by atoms with Crippen LogP contribution in [0, 0.1) is 5.92 Å². The molecule has 26 heavy (non-hydrogen) atoms. The third-order valence-electron chi connectivity index (χ3n) is 4.62. The van der Waals surface area contributed by atoms with E-state index in [1.54, 1.807) is 30.6 Å². The molecule has 0 aliphatic carbocycles. The van der Waals surface area contributed by atoms with Gasteiger partial charge in [0.05, 0.1) is 5.75 Å². The molecule has 1 atom stereocenters. The Labute approximate surface area is 159 Å². The molecule has 1 unspecified atom stereocenters. The molecule has 0 spiro atoms. The maximum Gasteiger partial charge on any atom is 0.223 e. The second-order valence-electron chi connectivity index (χ2n) is 6.47. The van der Waals surface area contributed by atoms with Crippen LogP contribution in [0.4, 0.5) is 5.95 Å². The number of sulfone groups is 1. The first-order chi connectivity index (χ1) is 12.5. The molecule has 140 valence electrons. The Kier molecular flexibility index (Phi) is 6.45. The van der Waals surface area contributed by atoms with Crippen molar-refractivity contribution in [2.75, 3.05) is 24.2 Å². The van der Waals surface area contributed by atoms with Gasteiger partial charge in [-0.3, -0.25) is 0 Å². The van der Waals surface area contributed by atoms with Gasteiger partial charge in [0.25, 0.3) is 0 Å². The Morgan fingerprint density at radius 1 is 1.15 bits per heavy atom. The van der Waals surface area contributed by atoms with Crippen molar-refractivity contribution in [3.05, 3.63) is 53.3 Å². The Morgan fingerprint density at radius 2 is 1.81 bits per heavy atom. The molecule has 1 saturated heterocycles. The summed E-state index contributed by atoms with van der Waals surface area (Å²) < 4.78 is 26.2. The Bertz CT molecular complexity index is 794. The predicted octanol–water partition coefficient (Wildman–Crippen LogP) is 2.53. The largest absolute Gasteiger partial charge is 0.337 e. The van der Waals surface area contributed by atoms with Gasteiger partial charge in [0.2, 0.25) is 5.95 Å². The number of anilines is 1. The van der Waals surface area contributed by atoms with Crippen LogP contribution in [0.1, 0.15) is 18.4 Å². The first-order valence-electron chi connectivity index (χ1n) is 8.75. The minimum atomic E-state index is -3.38. The average Bonchev–Trinajstić information content (AvgIpc) is 2.67. The Morgan fingerprint density at radius 3 is 2.46 bits per heavy atom. The molecule has 2 N–H and O–H groups in total. The summed E-state index contributed by atoms with van der Waals surface area (Å²) in [5, 5.41) is 6.32. The zero-order valence-corrected chi connectivity index (χ0v) is 16.0. The van der Waals surface area contributed by atoms with Gasteiger partial charge in [-0.05, 0) is 62.0 Å². The lowest BCUT2D eigenvalue weighted by Crippen LogP contribution is -2.44. The van der Waals surface area contributed by atoms with Crippen molar-refractivity contribution in [1.82, 2.24) is 15.3 Å². The van der Waals surface area contributed by atoms with Crippen LogP contribution >= 0.6 is 11.6 Å². The van der Waals surface area contributed by atoms with Gasteiger partial charge in [-0.1, -0.05) is 23.7 Å². The van der Waals surface area contributed by atoms with E-state index in [1.807, 2.05) is 12.1 Å². The number of aryl methyl sites for hydroxylation is 1. The van der Waals surface area contributed by atoms with Crippen LogP contribution in [-0.4, -0.2) is 42.6 Å². The quantitative estimate of drug-likeness (QED) is 0.750. The second kappa shape index (κ2) is 8.79. The summed E-state index contributed by atoms with van der Waals surface area (Å²) in [6.07, 6.45) is 5.29. The fraction of sp³-hybridized carbons (Fsp3) is 0.444. The lowest BCUT2D eigenvalue weighted by molar-refractivity contribution is 0.366. The van der Waals surface area contributed by atoms with Gasteiger partial charge in [-0.2, -0.15) is 0 Å². The number of hydrogen-bond acceptors (Lipinski definition) is 6. The average molecular weight is 395 g/mol. The normalized spacial score (nSPS) is 17.0. The number of aromatic nitrogens is 2. The van der Waals surface area contributed by atoms with Gasteiger partial charge < -0.3 is 10.6 Å². The molecule has 6 nitrogen and oxygen atoms in total. The van der Waals surface area contributed by atoms with Gasteiger partial charge in [0.15, 0.2) is 9.84 Å². The minimum absolute atomic E-state index is 0.0373. The molecule has 2 aromatic rings. The Hall–Kier alpha value is -1.70. The van der Waals surface area contributed by atoms with Crippen molar-refractivity contribution in [1.29, 1.82) is 0 Å². The molecule has 1 aliphatic heterocycles. The van der Waals surface area contributed by atoms with E-state index in [4.69, 9.17) is 11.6 Å². The third kappa shape index (κ3) is 5.16. The zero-order chi connectivity index (χ0) is 18.4. The highest BCUT2D eigenvalue weighted by molar-refractivity contribution is 7.92. The number of hydrogen-bond donors (Lipinski definition) is 2. The van der Waals surface area contributed by atoms with E-state index in [9.17, 15) is 8.42 Å². The van der Waals surface area contributed by atoms with E-state index in [1.165, 1.54) is 0 Å². The van der Waals surface area contributed by atoms with Crippen LogP contribution in [0.2, 0.25) is 5.02 Å². The number of piperidine rings is 1. The zero-order valence-electron chi connectivity index (χ0n) is 14.4. The summed E-state index contributed by atoms with van der Waals surface area (Å²) in [5.41, 5.74) is 0.956. The molecule has 0 bridgehead atoms. The van der Waals surface area contributed by atoms with Crippen molar-refractivity contribution in [3.63, 3.8) is 0 Å². The topological polar surface area (TPSA) is 84.0 Å². The van der Waals surface area contributed by atoms with Crippen molar-refractivity contribution in [2.24, 2.45) is 5.92 Å². The highest BCUT2D eigenvalue weighted by Gasteiger charge is 2.34. The van der Waals surface area contributed by atoms with Crippen molar-refractivity contribution < 1.29 is 8.42 Å². The number of rotatable bonds is 7. The first-order valence-corrected chi connectivity index (χ1v) is 10.8. The molecule has 1 aliphatic rings. The highest BCUT2D eigenvalue weighted by atomic mass is 35.5. The molecule has 1 fully saturated rings. The van der Waals surface area contributed by atoms with Crippen LogP contribution in [0.15, 0.2) is 42.7 Å². The number of benzene rings is 1. The van der Waals surface area contributed by atoms with Crippen LogP contribution in [-0.2, 0) is 16.3 Å². The van der Waals surface area contributed by atoms with E-state index in [0.717, 1.165) is 31.5 Å². The number of nitrogens with zero attached hydrogens (tertiary/aromatic N) is 2. The highest BCUT2D eigenvalue weighted by Crippen LogP contribution is 2.24. The van der Waals surface area contributed by atoms with E-state index in [2.05, 4.69) is 20.6 Å². The summed E-state index contributed by atoms with van der Waals surface area (Å²) in [7, 11) is -3.38. The standard InChI is InChI=1S/C18H23ClN4O2S/c19-16-4-2-14(3-5-16)8-13-26(24,25)17(15-6-11-20-12-7-15)23-18-21-9-1-10-22-18/h1-5,9-10,15,17,20H,6-8,11-13H2,(H,21,22,23). The van der Waals surface area contributed by atoms with Crippen molar-refractivity contribution in [3.8, 4) is 0 Å². The molecule has 1 aromatic heterocycles. The van der Waals surface area contributed by atoms with Crippen LogP contribution in [0.25, 0.3) is 0 Å². The molecule has 0 saturated carbocycles. The van der Waals surface area contributed by atoms with Gasteiger partial charge in [-0.15, -0.1) is 0 Å². The summed E-state index contributed by atoms with van der Waals surface area (Å²) in [6.45, 7) is 1.65. The van der Waals surface area contributed by atoms with Crippen LogP contribution in [0.3, 0.4) is 0 Å². The summed E-state index contributed by atoms with van der Waals surface area (Å²) in [4.78, 5) is 8.28. The molecule has 1 aromatic carbocycles. The number of halogens is 1. The van der Waals surface area contributed by atoms with Gasteiger partial charge in [-0.25, -0.2) is 18.4 Å². The van der Waals surface area contributed by atoms with Crippen molar-refractivity contribution >= 4 is 27.4 Å². The van der Waals surface area contributed by atoms with E-state index in [-0.39, 0.29) is 11.7 Å². The van der Waals surface area contributed by atoms with E-state index in [0.29, 0.717) is 17.4 Å². The fourth-order valence-corrected chi connectivity index (χ4v) is 5.23.